The average Bonchev–Trinajstić information content (AvgIpc) is 2.47. The predicted molar refractivity (Wildman–Crippen MR) is 90.0 cm³/mol. The van der Waals surface area contributed by atoms with E-state index in [1.807, 2.05) is 18.2 Å². The molecular weight excluding hydrogens is 258 g/mol. The van der Waals surface area contributed by atoms with Gasteiger partial charge >= 0.3 is 0 Å². The van der Waals surface area contributed by atoms with Crippen LogP contribution in [0.3, 0.4) is 0 Å². The minimum absolute atomic E-state index is 0.283. The number of anilines is 1. The first kappa shape index (κ1) is 15.4. The van der Waals surface area contributed by atoms with E-state index in [9.17, 15) is 0 Å². The van der Waals surface area contributed by atoms with Crippen LogP contribution in [0.1, 0.15) is 26.3 Å². The first-order valence-electron chi connectivity index (χ1n) is 7.54. The highest BCUT2D eigenvalue weighted by atomic mass is 16.5. The maximum absolute atomic E-state index is 5.78. The van der Waals surface area contributed by atoms with Gasteiger partial charge in [-0.3, -0.25) is 0 Å². The second-order valence-electron chi connectivity index (χ2n) is 6.52. The Morgan fingerprint density at radius 1 is 0.905 bits per heavy atom. The Kier molecular flexibility index (Phi) is 5.26. The molecule has 0 aliphatic heterocycles. The number of benzene rings is 2. The van der Waals surface area contributed by atoms with Crippen molar-refractivity contribution in [2.75, 3.05) is 18.5 Å². The lowest BCUT2D eigenvalue weighted by atomic mass is 9.97. The van der Waals surface area contributed by atoms with Crippen molar-refractivity contribution >= 4 is 5.69 Å². The molecule has 0 atom stereocenters. The molecule has 0 saturated heterocycles. The van der Waals surface area contributed by atoms with E-state index in [1.54, 1.807) is 0 Å². The zero-order valence-electron chi connectivity index (χ0n) is 13.2. The molecule has 0 amide bonds. The fourth-order valence-corrected chi connectivity index (χ4v) is 1.97. The Morgan fingerprint density at radius 3 is 2.19 bits per heavy atom. The molecule has 0 fully saturated rings. The Hall–Kier alpha value is -1.96. The van der Waals surface area contributed by atoms with Gasteiger partial charge in [0.25, 0.3) is 0 Å². The topological polar surface area (TPSA) is 21.3 Å². The van der Waals surface area contributed by atoms with Gasteiger partial charge in [0.05, 0.1) is 6.61 Å². The van der Waals surface area contributed by atoms with Crippen molar-refractivity contribution in [2.24, 2.45) is 5.41 Å². The van der Waals surface area contributed by atoms with Gasteiger partial charge in [-0.05, 0) is 35.2 Å². The molecule has 0 aromatic heterocycles. The summed E-state index contributed by atoms with van der Waals surface area (Å²) < 4.78 is 5.78. The fourth-order valence-electron chi connectivity index (χ4n) is 1.97. The molecule has 0 spiro atoms. The summed E-state index contributed by atoms with van der Waals surface area (Å²) in [7, 11) is 0. The molecule has 0 radical (unpaired) electrons. The first-order chi connectivity index (χ1) is 10.0. The summed E-state index contributed by atoms with van der Waals surface area (Å²) in [6.07, 6.45) is 0.935. The third-order valence-corrected chi connectivity index (χ3v) is 3.18. The van der Waals surface area contributed by atoms with Crippen LogP contribution in [0.15, 0.2) is 54.6 Å². The zero-order valence-corrected chi connectivity index (χ0v) is 13.2. The molecule has 0 unspecified atom stereocenters. The van der Waals surface area contributed by atoms with Crippen molar-refractivity contribution in [3.05, 3.63) is 60.2 Å². The van der Waals surface area contributed by atoms with Gasteiger partial charge in [-0.25, -0.2) is 0 Å². The minimum atomic E-state index is 0.283. The van der Waals surface area contributed by atoms with E-state index < -0.39 is 0 Å². The zero-order chi connectivity index (χ0) is 15.1. The van der Waals surface area contributed by atoms with Crippen molar-refractivity contribution < 1.29 is 4.74 Å². The molecule has 2 heteroatoms. The van der Waals surface area contributed by atoms with Crippen molar-refractivity contribution in [1.29, 1.82) is 0 Å². The summed E-state index contributed by atoms with van der Waals surface area (Å²) >= 11 is 0. The quantitative estimate of drug-likeness (QED) is 0.824. The summed E-state index contributed by atoms with van der Waals surface area (Å²) in [4.78, 5) is 0. The third-order valence-electron chi connectivity index (χ3n) is 3.18. The molecule has 1 N–H and O–H groups in total. The van der Waals surface area contributed by atoms with Gasteiger partial charge in [-0.2, -0.15) is 0 Å². The Bertz CT molecular complexity index is 526. The summed E-state index contributed by atoms with van der Waals surface area (Å²) in [6.45, 7) is 8.34. The first-order valence-corrected chi connectivity index (χ1v) is 7.54. The number of rotatable bonds is 6. The van der Waals surface area contributed by atoms with E-state index in [1.165, 1.54) is 5.56 Å². The van der Waals surface area contributed by atoms with E-state index >= 15 is 0 Å². The van der Waals surface area contributed by atoms with E-state index in [0.717, 1.165) is 24.4 Å². The van der Waals surface area contributed by atoms with Crippen LogP contribution in [-0.2, 0) is 6.42 Å². The molecule has 2 aromatic rings. The Balaban J connectivity index is 1.77. The predicted octanol–water partition coefficient (Wildman–Crippen LogP) is 4.77. The van der Waals surface area contributed by atoms with Crippen LogP contribution in [0.5, 0.6) is 5.75 Å². The Labute approximate surface area is 128 Å². The van der Waals surface area contributed by atoms with Crippen LogP contribution in [0, 0.1) is 5.41 Å². The van der Waals surface area contributed by atoms with Gasteiger partial charge in [0, 0.05) is 18.7 Å². The highest BCUT2D eigenvalue weighted by molar-refractivity contribution is 5.46. The van der Waals surface area contributed by atoms with Crippen molar-refractivity contribution in [1.82, 2.24) is 0 Å². The highest BCUT2D eigenvalue weighted by Crippen LogP contribution is 2.19. The lowest BCUT2D eigenvalue weighted by molar-refractivity contribution is 0.322. The van der Waals surface area contributed by atoms with Crippen molar-refractivity contribution in [3.63, 3.8) is 0 Å². The molecule has 0 saturated carbocycles. The number of nitrogens with one attached hydrogen (secondary N) is 1. The Morgan fingerprint density at radius 2 is 1.57 bits per heavy atom. The van der Waals surface area contributed by atoms with Gasteiger partial charge in [-0.15, -0.1) is 0 Å². The second-order valence-corrected chi connectivity index (χ2v) is 6.52. The standard InChI is InChI=1S/C19H25NO/c1-19(2,3)15-20-17-9-11-18(12-10-17)21-14-13-16-7-5-4-6-8-16/h4-12,20H,13-15H2,1-3H3. The van der Waals surface area contributed by atoms with E-state index in [4.69, 9.17) is 4.74 Å². The number of ether oxygens (including phenoxy) is 1. The second kappa shape index (κ2) is 7.16. The summed E-state index contributed by atoms with van der Waals surface area (Å²) in [5, 5.41) is 3.44. The van der Waals surface area contributed by atoms with Gasteiger partial charge < -0.3 is 10.1 Å². The van der Waals surface area contributed by atoms with Crippen LogP contribution in [0.4, 0.5) is 5.69 Å². The summed E-state index contributed by atoms with van der Waals surface area (Å²) in [5.41, 5.74) is 2.73. The monoisotopic (exact) mass is 283 g/mol. The molecule has 0 aliphatic carbocycles. The average molecular weight is 283 g/mol. The van der Waals surface area contributed by atoms with Gasteiger partial charge in [0.15, 0.2) is 0 Å². The van der Waals surface area contributed by atoms with Crippen molar-refractivity contribution in [2.45, 2.75) is 27.2 Å². The highest BCUT2D eigenvalue weighted by Gasteiger charge is 2.09. The smallest absolute Gasteiger partial charge is 0.119 e. The SMILES string of the molecule is CC(C)(C)CNc1ccc(OCCc2ccccc2)cc1. The van der Waals surface area contributed by atoms with E-state index in [2.05, 4.69) is 62.5 Å². The van der Waals surface area contributed by atoms with Crippen LogP contribution in [0.25, 0.3) is 0 Å². The lowest BCUT2D eigenvalue weighted by Crippen LogP contribution is -2.18. The maximum Gasteiger partial charge on any atom is 0.119 e. The molecule has 112 valence electrons. The molecule has 0 bridgehead atoms. The van der Waals surface area contributed by atoms with Crippen LogP contribution < -0.4 is 10.1 Å². The fraction of sp³-hybridized carbons (Fsp3) is 0.368. The molecule has 0 aliphatic rings. The van der Waals surface area contributed by atoms with Gasteiger partial charge in [0.1, 0.15) is 5.75 Å². The lowest BCUT2D eigenvalue weighted by Gasteiger charge is -2.19. The van der Waals surface area contributed by atoms with E-state index in [-0.39, 0.29) is 5.41 Å². The van der Waals surface area contributed by atoms with Crippen LogP contribution in [-0.4, -0.2) is 13.2 Å². The van der Waals surface area contributed by atoms with Gasteiger partial charge in [0.2, 0.25) is 0 Å². The number of hydrogen-bond donors (Lipinski definition) is 1. The minimum Gasteiger partial charge on any atom is -0.493 e. The van der Waals surface area contributed by atoms with Crippen LogP contribution in [0.2, 0.25) is 0 Å². The molecular formula is C19H25NO. The van der Waals surface area contributed by atoms with E-state index in [0.29, 0.717) is 6.61 Å². The molecule has 2 rings (SSSR count). The van der Waals surface area contributed by atoms with Crippen molar-refractivity contribution in [3.8, 4) is 5.75 Å². The third kappa shape index (κ3) is 5.90. The van der Waals surface area contributed by atoms with Gasteiger partial charge in [-0.1, -0.05) is 51.1 Å². The molecule has 2 aromatic carbocycles. The summed E-state index contributed by atoms with van der Waals surface area (Å²) in [5.74, 6) is 0.923. The summed E-state index contributed by atoms with van der Waals surface area (Å²) in [6, 6.07) is 18.6. The molecule has 2 nitrogen and oxygen atoms in total. The largest absolute Gasteiger partial charge is 0.493 e. The molecule has 0 heterocycles. The molecule has 21 heavy (non-hydrogen) atoms. The van der Waals surface area contributed by atoms with Crippen LogP contribution >= 0.6 is 0 Å². The normalized spacial score (nSPS) is 11.2. The maximum atomic E-state index is 5.78. The number of hydrogen-bond acceptors (Lipinski definition) is 2.